The zero-order valence-corrected chi connectivity index (χ0v) is 9.15. The third-order valence-electron chi connectivity index (χ3n) is 2.04. The Balaban J connectivity index is 2.88. The highest BCUT2D eigenvalue weighted by molar-refractivity contribution is 5.01. The second-order valence-corrected chi connectivity index (χ2v) is 4.39. The molecule has 0 aliphatic rings. The molecule has 0 saturated carbocycles. The molecule has 0 atom stereocenters. The van der Waals surface area contributed by atoms with E-state index < -0.39 is 0 Å². The first-order valence-corrected chi connectivity index (χ1v) is 4.76. The second kappa shape index (κ2) is 3.79. The molecule has 76 valence electrons. The van der Waals surface area contributed by atoms with Crippen LogP contribution in [0.4, 0.5) is 0 Å². The summed E-state index contributed by atoms with van der Waals surface area (Å²) in [7, 11) is 0. The number of hydrogen-bond donors (Lipinski definition) is 0. The van der Waals surface area contributed by atoms with Crippen molar-refractivity contribution in [2.75, 3.05) is 0 Å². The van der Waals surface area contributed by atoms with Crippen LogP contribution in [0.1, 0.15) is 39.6 Å². The number of hydrogen-bond acceptors (Lipinski definition) is 3. The molecule has 14 heavy (non-hydrogen) atoms. The summed E-state index contributed by atoms with van der Waals surface area (Å²) >= 11 is 0. The summed E-state index contributed by atoms with van der Waals surface area (Å²) < 4.78 is 1.86. The van der Waals surface area contributed by atoms with E-state index in [1.165, 1.54) is 0 Å². The molecule has 0 N–H and O–H groups in total. The van der Waals surface area contributed by atoms with E-state index in [0.717, 1.165) is 5.82 Å². The fourth-order valence-electron chi connectivity index (χ4n) is 1.27. The normalized spacial score (nSPS) is 11.7. The molecule has 0 unspecified atom stereocenters. The van der Waals surface area contributed by atoms with E-state index in [1.54, 1.807) is 6.33 Å². The highest BCUT2D eigenvalue weighted by Gasteiger charge is 2.21. The fourth-order valence-corrected chi connectivity index (χ4v) is 1.27. The first kappa shape index (κ1) is 10.7. The van der Waals surface area contributed by atoms with Gasteiger partial charge in [0.15, 0.2) is 0 Å². The molecule has 4 nitrogen and oxygen atoms in total. The van der Waals surface area contributed by atoms with Gasteiger partial charge in [0.25, 0.3) is 0 Å². The molecule has 0 aliphatic carbocycles. The van der Waals surface area contributed by atoms with Crippen molar-refractivity contribution < 1.29 is 0 Å². The van der Waals surface area contributed by atoms with E-state index in [1.807, 2.05) is 18.5 Å². The quantitative estimate of drug-likeness (QED) is 0.735. The summed E-state index contributed by atoms with van der Waals surface area (Å²) in [5, 5.41) is 13.0. The smallest absolute Gasteiger partial charge is 0.138 e. The third kappa shape index (κ3) is 2.32. The maximum atomic E-state index is 8.91. The van der Waals surface area contributed by atoms with Crippen LogP contribution < -0.4 is 0 Å². The molecular formula is C10H16N4. The van der Waals surface area contributed by atoms with Crippen LogP contribution in [0.15, 0.2) is 6.33 Å². The lowest BCUT2D eigenvalue weighted by Gasteiger charge is -2.16. The molecule has 1 rings (SSSR count). The monoisotopic (exact) mass is 192 g/mol. The lowest BCUT2D eigenvalue weighted by atomic mass is 9.91. The van der Waals surface area contributed by atoms with Crippen LogP contribution >= 0.6 is 0 Å². The summed E-state index contributed by atoms with van der Waals surface area (Å²) in [5.74, 6) is 0.881. The predicted molar refractivity (Wildman–Crippen MR) is 53.5 cm³/mol. The number of rotatable bonds is 3. The summed E-state index contributed by atoms with van der Waals surface area (Å²) in [4.78, 5) is 4.17. The Morgan fingerprint density at radius 2 is 2.21 bits per heavy atom. The SMILES string of the molecule is CC(C)n1ncnc1CC(C)(C)C#N. The number of aromatic nitrogens is 3. The zero-order valence-electron chi connectivity index (χ0n) is 9.15. The minimum absolute atomic E-state index is 0.294. The lowest BCUT2D eigenvalue weighted by molar-refractivity contribution is 0.432. The molecule has 4 heteroatoms. The molecule has 0 radical (unpaired) electrons. The van der Waals surface area contributed by atoms with Gasteiger partial charge in [-0.2, -0.15) is 10.4 Å². The Kier molecular flexibility index (Phi) is 2.90. The molecule has 1 heterocycles. The van der Waals surface area contributed by atoms with Gasteiger partial charge < -0.3 is 0 Å². The van der Waals surface area contributed by atoms with Crippen molar-refractivity contribution in [2.45, 2.75) is 40.2 Å². The molecule has 1 aromatic rings. The van der Waals surface area contributed by atoms with Gasteiger partial charge in [0.2, 0.25) is 0 Å². The minimum atomic E-state index is -0.375. The average Bonchev–Trinajstić information content (AvgIpc) is 2.51. The summed E-state index contributed by atoms with van der Waals surface area (Å²) in [6.07, 6.45) is 2.18. The molecular weight excluding hydrogens is 176 g/mol. The van der Waals surface area contributed by atoms with Gasteiger partial charge in [-0.1, -0.05) is 0 Å². The van der Waals surface area contributed by atoms with E-state index in [4.69, 9.17) is 5.26 Å². The highest BCUT2D eigenvalue weighted by Crippen LogP contribution is 2.20. The molecule has 0 aliphatic heterocycles. The largest absolute Gasteiger partial charge is 0.248 e. The Morgan fingerprint density at radius 3 is 2.71 bits per heavy atom. The van der Waals surface area contributed by atoms with Crippen LogP contribution in [-0.4, -0.2) is 14.8 Å². The summed E-state index contributed by atoms with van der Waals surface area (Å²) in [6.45, 7) is 7.92. The van der Waals surface area contributed by atoms with Crippen molar-refractivity contribution in [1.29, 1.82) is 5.26 Å². The summed E-state index contributed by atoms with van der Waals surface area (Å²) in [5.41, 5.74) is -0.375. The maximum Gasteiger partial charge on any atom is 0.138 e. The van der Waals surface area contributed by atoms with Crippen molar-refractivity contribution in [1.82, 2.24) is 14.8 Å². The molecule has 0 amide bonds. The van der Waals surface area contributed by atoms with E-state index >= 15 is 0 Å². The van der Waals surface area contributed by atoms with Gasteiger partial charge in [-0.05, 0) is 27.7 Å². The topological polar surface area (TPSA) is 54.5 Å². The zero-order chi connectivity index (χ0) is 10.8. The second-order valence-electron chi connectivity index (χ2n) is 4.39. The van der Waals surface area contributed by atoms with Crippen molar-refractivity contribution >= 4 is 0 Å². The van der Waals surface area contributed by atoms with Crippen LogP contribution in [0.3, 0.4) is 0 Å². The Bertz CT molecular complexity index is 343. The van der Waals surface area contributed by atoms with Crippen LogP contribution in [0, 0.1) is 16.7 Å². The Hall–Kier alpha value is -1.37. The Labute approximate surface area is 84.6 Å². The van der Waals surface area contributed by atoms with Crippen LogP contribution in [-0.2, 0) is 6.42 Å². The minimum Gasteiger partial charge on any atom is -0.248 e. The first-order chi connectivity index (χ1) is 6.46. The third-order valence-corrected chi connectivity index (χ3v) is 2.04. The van der Waals surface area contributed by atoms with Gasteiger partial charge in [0.1, 0.15) is 12.2 Å². The molecule has 0 fully saturated rings. The molecule has 0 saturated heterocycles. The Morgan fingerprint density at radius 1 is 1.57 bits per heavy atom. The first-order valence-electron chi connectivity index (χ1n) is 4.76. The molecule has 0 bridgehead atoms. The lowest BCUT2D eigenvalue weighted by Crippen LogP contribution is -2.17. The van der Waals surface area contributed by atoms with Crippen LogP contribution in [0.2, 0.25) is 0 Å². The molecule has 0 spiro atoms. The van der Waals surface area contributed by atoms with Crippen LogP contribution in [0.5, 0.6) is 0 Å². The number of nitrogens with zero attached hydrogens (tertiary/aromatic N) is 4. The van der Waals surface area contributed by atoms with Gasteiger partial charge >= 0.3 is 0 Å². The standard InChI is InChI=1S/C10H16N4/c1-8(2)14-9(12-7-13-14)5-10(3,4)6-11/h7-8H,5H2,1-4H3. The molecule has 1 aromatic heterocycles. The number of nitriles is 1. The predicted octanol–water partition coefficient (Wildman–Crippen LogP) is 1.95. The van der Waals surface area contributed by atoms with E-state index in [9.17, 15) is 0 Å². The van der Waals surface area contributed by atoms with Crippen molar-refractivity contribution in [2.24, 2.45) is 5.41 Å². The highest BCUT2D eigenvalue weighted by atomic mass is 15.3. The van der Waals surface area contributed by atoms with Gasteiger partial charge in [-0.15, -0.1) is 0 Å². The maximum absolute atomic E-state index is 8.91. The van der Waals surface area contributed by atoms with Crippen LogP contribution in [0.25, 0.3) is 0 Å². The fraction of sp³-hybridized carbons (Fsp3) is 0.700. The van der Waals surface area contributed by atoms with Gasteiger partial charge in [0.05, 0.1) is 11.5 Å². The summed E-state index contributed by atoms with van der Waals surface area (Å²) in [6, 6.07) is 2.56. The van der Waals surface area contributed by atoms with Crippen molar-refractivity contribution in [3.63, 3.8) is 0 Å². The molecule has 0 aromatic carbocycles. The van der Waals surface area contributed by atoms with Gasteiger partial charge in [0, 0.05) is 12.5 Å². The van der Waals surface area contributed by atoms with E-state index in [-0.39, 0.29) is 5.41 Å². The van der Waals surface area contributed by atoms with E-state index in [0.29, 0.717) is 12.5 Å². The van der Waals surface area contributed by atoms with Gasteiger partial charge in [-0.3, -0.25) is 0 Å². The van der Waals surface area contributed by atoms with Crippen molar-refractivity contribution in [3.05, 3.63) is 12.2 Å². The van der Waals surface area contributed by atoms with E-state index in [2.05, 4.69) is 30.0 Å². The van der Waals surface area contributed by atoms with Crippen molar-refractivity contribution in [3.8, 4) is 6.07 Å². The van der Waals surface area contributed by atoms with Gasteiger partial charge in [-0.25, -0.2) is 9.67 Å². The average molecular weight is 192 g/mol.